The Morgan fingerprint density at radius 2 is 2.40 bits per heavy atom. The Morgan fingerprint density at radius 1 is 1.53 bits per heavy atom. The van der Waals surface area contributed by atoms with E-state index in [1.807, 2.05) is 19.2 Å². The van der Waals surface area contributed by atoms with Crippen LogP contribution in [0.3, 0.4) is 0 Å². The van der Waals surface area contributed by atoms with Crippen molar-refractivity contribution in [1.29, 1.82) is 0 Å². The molecule has 0 amide bonds. The highest BCUT2D eigenvalue weighted by atomic mass is 16.5. The topological polar surface area (TPSA) is 51.5 Å². The second-order valence-electron chi connectivity index (χ2n) is 3.44. The number of fused-ring (bicyclic) bond motifs is 1. The molecule has 5 nitrogen and oxygen atoms in total. The summed E-state index contributed by atoms with van der Waals surface area (Å²) in [6.07, 6.45) is 5.30. The monoisotopic (exact) mass is 206 g/mol. The molecule has 0 aliphatic heterocycles. The third-order valence-electron chi connectivity index (χ3n) is 2.12. The average Bonchev–Trinajstić information content (AvgIpc) is 2.67. The number of hydrogen-bond acceptors (Lipinski definition) is 4. The van der Waals surface area contributed by atoms with Crippen molar-refractivity contribution in [1.82, 2.24) is 14.6 Å². The van der Waals surface area contributed by atoms with Crippen molar-refractivity contribution in [3.63, 3.8) is 0 Å². The van der Waals surface area contributed by atoms with Crippen molar-refractivity contribution in [2.45, 2.75) is 13.0 Å². The van der Waals surface area contributed by atoms with Crippen LogP contribution in [-0.4, -0.2) is 34.4 Å². The molecule has 1 atom stereocenters. The number of hydrogen-bond donors (Lipinski definition) is 1. The molecule has 0 aliphatic carbocycles. The van der Waals surface area contributed by atoms with Crippen molar-refractivity contribution in [2.75, 3.05) is 19.0 Å². The van der Waals surface area contributed by atoms with Gasteiger partial charge in [-0.1, -0.05) is 0 Å². The molecule has 1 N–H and O–H groups in total. The van der Waals surface area contributed by atoms with Crippen molar-refractivity contribution in [3.8, 4) is 0 Å². The Balaban J connectivity index is 2.23. The molecular weight excluding hydrogens is 192 g/mol. The first kappa shape index (κ1) is 9.92. The zero-order valence-electron chi connectivity index (χ0n) is 8.84. The molecular formula is C10H14N4O. The van der Waals surface area contributed by atoms with Gasteiger partial charge >= 0.3 is 0 Å². The van der Waals surface area contributed by atoms with Crippen LogP contribution < -0.4 is 5.32 Å². The molecule has 0 bridgehead atoms. The SMILES string of the molecule is COCC(C)Nc1nccn2nccc12. The maximum absolute atomic E-state index is 5.06. The van der Waals surface area contributed by atoms with E-state index in [1.54, 1.807) is 24.0 Å². The average molecular weight is 206 g/mol. The highest BCUT2D eigenvalue weighted by molar-refractivity contribution is 5.66. The van der Waals surface area contributed by atoms with Gasteiger partial charge < -0.3 is 10.1 Å². The van der Waals surface area contributed by atoms with Crippen LogP contribution >= 0.6 is 0 Å². The molecule has 0 spiro atoms. The fourth-order valence-corrected chi connectivity index (χ4v) is 1.49. The third kappa shape index (κ3) is 2.07. The fraction of sp³-hybridized carbons (Fsp3) is 0.400. The molecule has 0 aliphatic rings. The summed E-state index contributed by atoms with van der Waals surface area (Å²) in [4.78, 5) is 4.27. The molecule has 15 heavy (non-hydrogen) atoms. The Morgan fingerprint density at radius 3 is 3.20 bits per heavy atom. The zero-order chi connectivity index (χ0) is 10.7. The van der Waals surface area contributed by atoms with Gasteiger partial charge in [0.25, 0.3) is 0 Å². The molecule has 0 radical (unpaired) electrons. The number of aromatic nitrogens is 3. The van der Waals surface area contributed by atoms with E-state index < -0.39 is 0 Å². The van der Waals surface area contributed by atoms with E-state index in [4.69, 9.17) is 4.74 Å². The summed E-state index contributed by atoms with van der Waals surface area (Å²) in [6.45, 7) is 2.70. The van der Waals surface area contributed by atoms with E-state index in [-0.39, 0.29) is 6.04 Å². The molecule has 1 unspecified atom stereocenters. The largest absolute Gasteiger partial charge is 0.383 e. The van der Waals surface area contributed by atoms with E-state index in [1.165, 1.54) is 0 Å². The lowest BCUT2D eigenvalue weighted by atomic mass is 10.3. The Labute approximate surface area is 88.1 Å². The minimum Gasteiger partial charge on any atom is -0.383 e. The smallest absolute Gasteiger partial charge is 0.152 e. The van der Waals surface area contributed by atoms with Crippen LogP contribution in [0, 0.1) is 0 Å². The standard InChI is InChI=1S/C10H14N4O/c1-8(7-15-2)13-10-9-3-4-12-14(9)6-5-11-10/h3-6,8H,7H2,1-2H3,(H,11,13). The first-order valence-corrected chi connectivity index (χ1v) is 4.85. The third-order valence-corrected chi connectivity index (χ3v) is 2.12. The van der Waals surface area contributed by atoms with Crippen LogP contribution in [0.15, 0.2) is 24.7 Å². The zero-order valence-corrected chi connectivity index (χ0v) is 8.84. The van der Waals surface area contributed by atoms with Crippen molar-refractivity contribution >= 4 is 11.3 Å². The first-order chi connectivity index (χ1) is 7.31. The highest BCUT2D eigenvalue weighted by Crippen LogP contribution is 2.13. The van der Waals surface area contributed by atoms with Gasteiger partial charge in [-0.15, -0.1) is 0 Å². The maximum atomic E-state index is 5.06. The Bertz CT molecular complexity index is 440. The van der Waals surface area contributed by atoms with Gasteiger partial charge in [-0.3, -0.25) is 0 Å². The van der Waals surface area contributed by atoms with E-state index in [9.17, 15) is 0 Å². The predicted molar refractivity (Wildman–Crippen MR) is 57.9 cm³/mol. The summed E-state index contributed by atoms with van der Waals surface area (Å²) in [5.41, 5.74) is 0.973. The summed E-state index contributed by atoms with van der Waals surface area (Å²) in [6, 6.07) is 2.15. The van der Waals surface area contributed by atoms with Crippen LogP contribution in [-0.2, 0) is 4.74 Å². The first-order valence-electron chi connectivity index (χ1n) is 4.85. The molecule has 0 fully saturated rings. The summed E-state index contributed by atoms with van der Waals surface area (Å²) in [5.74, 6) is 0.833. The van der Waals surface area contributed by atoms with Crippen LogP contribution in [0.1, 0.15) is 6.92 Å². The maximum Gasteiger partial charge on any atom is 0.152 e. The number of anilines is 1. The normalized spacial score (nSPS) is 12.9. The van der Waals surface area contributed by atoms with E-state index >= 15 is 0 Å². The Hall–Kier alpha value is -1.62. The molecule has 2 aromatic rings. The van der Waals surface area contributed by atoms with Crippen LogP contribution in [0.4, 0.5) is 5.82 Å². The van der Waals surface area contributed by atoms with E-state index in [2.05, 4.69) is 15.4 Å². The summed E-state index contributed by atoms with van der Waals surface area (Å²) in [7, 11) is 1.69. The number of nitrogens with one attached hydrogen (secondary N) is 1. The Kier molecular flexibility index (Phi) is 2.82. The van der Waals surface area contributed by atoms with Crippen molar-refractivity contribution < 1.29 is 4.74 Å². The van der Waals surface area contributed by atoms with Gasteiger partial charge in [0.2, 0.25) is 0 Å². The quantitative estimate of drug-likeness (QED) is 0.816. The fourth-order valence-electron chi connectivity index (χ4n) is 1.49. The number of rotatable bonds is 4. The van der Waals surface area contributed by atoms with Crippen LogP contribution in [0.25, 0.3) is 5.52 Å². The van der Waals surface area contributed by atoms with E-state index in [0.29, 0.717) is 6.61 Å². The second-order valence-corrected chi connectivity index (χ2v) is 3.44. The molecule has 2 rings (SSSR count). The number of methoxy groups -OCH3 is 1. The van der Waals surface area contributed by atoms with Gasteiger partial charge in [0.05, 0.1) is 12.8 Å². The lowest BCUT2D eigenvalue weighted by molar-refractivity contribution is 0.190. The minimum atomic E-state index is 0.226. The molecule has 80 valence electrons. The van der Waals surface area contributed by atoms with Gasteiger partial charge in [-0.2, -0.15) is 5.10 Å². The number of ether oxygens (including phenoxy) is 1. The van der Waals surface area contributed by atoms with Gasteiger partial charge in [0.1, 0.15) is 5.52 Å². The summed E-state index contributed by atoms with van der Waals surface area (Å²) in [5, 5.41) is 7.41. The lowest BCUT2D eigenvalue weighted by Crippen LogP contribution is -2.21. The highest BCUT2D eigenvalue weighted by Gasteiger charge is 2.06. The molecule has 0 aromatic carbocycles. The van der Waals surface area contributed by atoms with Crippen molar-refractivity contribution in [2.24, 2.45) is 0 Å². The van der Waals surface area contributed by atoms with Gasteiger partial charge in [-0.05, 0) is 13.0 Å². The van der Waals surface area contributed by atoms with Gasteiger partial charge in [0.15, 0.2) is 5.82 Å². The van der Waals surface area contributed by atoms with Crippen LogP contribution in [0.2, 0.25) is 0 Å². The molecule has 2 aromatic heterocycles. The second kappa shape index (κ2) is 4.27. The van der Waals surface area contributed by atoms with Crippen LogP contribution in [0.5, 0.6) is 0 Å². The summed E-state index contributed by atoms with van der Waals surface area (Å²) >= 11 is 0. The minimum absolute atomic E-state index is 0.226. The van der Waals surface area contributed by atoms with Gasteiger partial charge in [0, 0.05) is 25.5 Å². The number of nitrogens with zero attached hydrogens (tertiary/aromatic N) is 3. The summed E-state index contributed by atoms with van der Waals surface area (Å²) < 4.78 is 6.84. The molecule has 0 saturated carbocycles. The molecule has 2 heterocycles. The van der Waals surface area contributed by atoms with Gasteiger partial charge in [-0.25, -0.2) is 9.50 Å². The molecule has 5 heteroatoms. The van der Waals surface area contributed by atoms with Crippen molar-refractivity contribution in [3.05, 3.63) is 24.7 Å². The molecule has 0 saturated heterocycles. The van der Waals surface area contributed by atoms with E-state index in [0.717, 1.165) is 11.3 Å². The predicted octanol–water partition coefficient (Wildman–Crippen LogP) is 1.18. The lowest BCUT2D eigenvalue weighted by Gasteiger charge is -2.13.